The van der Waals surface area contributed by atoms with Gasteiger partial charge in [0.2, 0.25) is 0 Å². The first-order valence-corrected chi connectivity index (χ1v) is 5.23. The van der Waals surface area contributed by atoms with Gasteiger partial charge in [0.15, 0.2) is 11.6 Å². The van der Waals surface area contributed by atoms with E-state index in [-0.39, 0.29) is 5.39 Å². The number of fused-ring (bicyclic) bond motifs is 2. The number of hydrogen-bond acceptors (Lipinski definition) is 2. The molecule has 0 spiro atoms. The van der Waals surface area contributed by atoms with E-state index in [9.17, 15) is 8.78 Å². The van der Waals surface area contributed by atoms with Crippen molar-refractivity contribution >= 4 is 16.6 Å². The lowest BCUT2D eigenvalue weighted by Crippen LogP contribution is -2.01. The van der Waals surface area contributed by atoms with Crippen LogP contribution < -0.4 is 5.73 Å². The van der Waals surface area contributed by atoms with E-state index in [2.05, 4.69) is 4.98 Å². The molecule has 4 heteroatoms. The summed E-state index contributed by atoms with van der Waals surface area (Å²) in [6, 6.07) is 2.56. The van der Waals surface area contributed by atoms with Crippen LogP contribution in [0.2, 0.25) is 0 Å². The van der Waals surface area contributed by atoms with Crippen molar-refractivity contribution in [1.82, 2.24) is 4.98 Å². The Labute approximate surface area is 91.1 Å². The van der Waals surface area contributed by atoms with Crippen molar-refractivity contribution < 1.29 is 8.78 Å². The van der Waals surface area contributed by atoms with Gasteiger partial charge in [-0.3, -0.25) is 4.98 Å². The Kier molecular flexibility index (Phi) is 1.87. The van der Waals surface area contributed by atoms with E-state index in [1.165, 1.54) is 6.07 Å². The fourth-order valence-corrected chi connectivity index (χ4v) is 2.33. The van der Waals surface area contributed by atoms with Gasteiger partial charge in [0.25, 0.3) is 0 Å². The maximum atomic E-state index is 13.6. The summed E-state index contributed by atoms with van der Waals surface area (Å²) in [5.74, 6) is -1.77. The van der Waals surface area contributed by atoms with E-state index in [1.54, 1.807) is 0 Å². The SMILES string of the molecule is Nc1c2c(nc3ccc(F)c(F)c13)CCC2. The van der Waals surface area contributed by atoms with E-state index in [0.717, 1.165) is 36.6 Å². The highest BCUT2D eigenvalue weighted by molar-refractivity contribution is 5.93. The first-order valence-electron chi connectivity index (χ1n) is 5.23. The van der Waals surface area contributed by atoms with Gasteiger partial charge >= 0.3 is 0 Å². The number of rotatable bonds is 0. The zero-order valence-electron chi connectivity index (χ0n) is 8.56. The summed E-state index contributed by atoms with van der Waals surface area (Å²) < 4.78 is 26.8. The molecule has 0 bridgehead atoms. The van der Waals surface area contributed by atoms with Crippen LogP contribution in [0.1, 0.15) is 17.7 Å². The highest BCUT2D eigenvalue weighted by Crippen LogP contribution is 2.33. The molecule has 16 heavy (non-hydrogen) atoms. The maximum Gasteiger partial charge on any atom is 0.170 e. The number of pyridine rings is 1. The van der Waals surface area contributed by atoms with Crippen LogP contribution in [0, 0.1) is 11.6 Å². The molecule has 1 aliphatic rings. The number of anilines is 1. The van der Waals surface area contributed by atoms with Gasteiger partial charge in [-0.15, -0.1) is 0 Å². The van der Waals surface area contributed by atoms with Crippen LogP contribution >= 0.6 is 0 Å². The summed E-state index contributed by atoms with van der Waals surface area (Å²) in [6.07, 6.45) is 2.65. The maximum absolute atomic E-state index is 13.6. The fourth-order valence-electron chi connectivity index (χ4n) is 2.33. The van der Waals surface area contributed by atoms with Crippen LogP contribution in [0.4, 0.5) is 14.5 Å². The molecular weight excluding hydrogens is 210 g/mol. The van der Waals surface area contributed by atoms with E-state index < -0.39 is 11.6 Å². The van der Waals surface area contributed by atoms with Crippen molar-refractivity contribution in [2.75, 3.05) is 5.73 Å². The molecule has 0 aliphatic heterocycles. The van der Waals surface area contributed by atoms with E-state index in [1.807, 2.05) is 0 Å². The summed E-state index contributed by atoms with van der Waals surface area (Å²) in [5.41, 5.74) is 8.50. The van der Waals surface area contributed by atoms with Gasteiger partial charge in [-0.2, -0.15) is 0 Å². The van der Waals surface area contributed by atoms with Crippen LogP contribution in [0.3, 0.4) is 0 Å². The summed E-state index contributed by atoms with van der Waals surface area (Å²) in [7, 11) is 0. The number of benzene rings is 1. The smallest absolute Gasteiger partial charge is 0.170 e. The third-order valence-electron chi connectivity index (χ3n) is 3.11. The average Bonchev–Trinajstić information content (AvgIpc) is 2.72. The third-order valence-corrected chi connectivity index (χ3v) is 3.11. The molecule has 3 rings (SSSR count). The summed E-state index contributed by atoms with van der Waals surface area (Å²) in [5, 5.41) is 0.126. The van der Waals surface area contributed by atoms with E-state index >= 15 is 0 Å². The molecule has 1 heterocycles. The topological polar surface area (TPSA) is 38.9 Å². The number of halogens is 2. The van der Waals surface area contributed by atoms with E-state index in [4.69, 9.17) is 5.73 Å². The molecule has 0 radical (unpaired) electrons. The van der Waals surface area contributed by atoms with Crippen LogP contribution in [0.25, 0.3) is 10.9 Å². The first-order chi connectivity index (χ1) is 7.68. The van der Waals surface area contributed by atoms with Gasteiger partial charge in [0.1, 0.15) is 0 Å². The van der Waals surface area contributed by atoms with Crippen LogP contribution in [0.5, 0.6) is 0 Å². The molecule has 0 saturated heterocycles. The van der Waals surface area contributed by atoms with Crippen LogP contribution in [0.15, 0.2) is 12.1 Å². The van der Waals surface area contributed by atoms with Crippen molar-refractivity contribution in [3.8, 4) is 0 Å². The molecular formula is C12H10F2N2. The molecule has 82 valence electrons. The Balaban J connectivity index is 2.47. The quantitative estimate of drug-likeness (QED) is 0.741. The Hall–Kier alpha value is -1.71. The Morgan fingerprint density at radius 2 is 2.00 bits per heavy atom. The molecule has 2 nitrogen and oxygen atoms in total. The molecule has 1 aromatic heterocycles. The molecule has 0 unspecified atom stereocenters. The van der Waals surface area contributed by atoms with Crippen molar-refractivity contribution in [2.24, 2.45) is 0 Å². The molecule has 1 aromatic carbocycles. The van der Waals surface area contributed by atoms with Gasteiger partial charge in [0.05, 0.1) is 10.9 Å². The normalized spacial score (nSPS) is 14.4. The van der Waals surface area contributed by atoms with Crippen molar-refractivity contribution in [1.29, 1.82) is 0 Å². The Bertz CT molecular complexity index is 593. The summed E-state index contributed by atoms with van der Waals surface area (Å²) in [6.45, 7) is 0. The lowest BCUT2D eigenvalue weighted by atomic mass is 10.1. The largest absolute Gasteiger partial charge is 0.398 e. The number of hydrogen-bond donors (Lipinski definition) is 1. The highest BCUT2D eigenvalue weighted by Gasteiger charge is 2.20. The van der Waals surface area contributed by atoms with Gasteiger partial charge in [0, 0.05) is 11.4 Å². The minimum Gasteiger partial charge on any atom is -0.398 e. The first kappa shape index (κ1) is 9.51. The highest BCUT2D eigenvalue weighted by atomic mass is 19.2. The second-order valence-electron chi connectivity index (χ2n) is 4.06. The molecule has 0 fully saturated rings. The number of aryl methyl sites for hydroxylation is 1. The van der Waals surface area contributed by atoms with Crippen LogP contribution in [-0.4, -0.2) is 4.98 Å². The molecule has 1 aliphatic carbocycles. The van der Waals surface area contributed by atoms with Gasteiger partial charge in [-0.05, 0) is 37.0 Å². The molecule has 0 amide bonds. The molecule has 2 aromatic rings. The third kappa shape index (κ3) is 1.13. The zero-order valence-corrected chi connectivity index (χ0v) is 8.56. The number of nitrogens with two attached hydrogens (primary N) is 1. The summed E-state index contributed by atoms with van der Waals surface area (Å²) in [4.78, 5) is 4.33. The minimum atomic E-state index is -0.891. The Morgan fingerprint density at radius 1 is 1.19 bits per heavy atom. The van der Waals surface area contributed by atoms with Crippen LogP contribution in [-0.2, 0) is 12.8 Å². The van der Waals surface area contributed by atoms with Crippen molar-refractivity contribution in [3.05, 3.63) is 35.0 Å². The predicted octanol–water partition coefficient (Wildman–Crippen LogP) is 2.58. The lowest BCUT2D eigenvalue weighted by molar-refractivity contribution is 0.517. The fraction of sp³-hybridized carbons (Fsp3) is 0.250. The second-order valence-corrected chi connectivity index (χ2v) is 4.06. The molecule has 0 atom stereocenters. The van der Waals surface area contributed by atoms with Gasteiger partial charge < -0.3 is 5.73 Å². The number of nitrogen functional groups attached to an aromatic ring is 1. The molecule has 2 N–H and O–H groups in total. The molecule has 0 saturated carbocycles. The number of nitrogens with zero attached hydrogens (tertiary/aromatic N) is 1. The van der Waals surface area contributed by atoms with Gasteiger partial charge in [-0.25, -0.2) is 8.78 Å². The van der Waals surface area contributed by atoms with Crippen molar-refractivity contribution in [3.63, 3.8) is 0 Å². The predicted molar refractivity (Wildman–Crippen MR) is 58.1 cm³/mol. The standard InChI is InChI=1S/C12H10F2N2/c13-7-4-5-9-10(11(7)14)12(15)6-2-1-3-8(6)16-9/h4-5H,1-3H2,(H2,15,16). The van der Waals surface area contributed by atoms with E-state index in [0.29, 0.717) is 11.2 Å². The monoisotopic (exact) mass is 220 g/mol. The number of aromatic nitrogens is 1. The summed E-state index contributed by atoms with van der Waals surface area (Å²) >= 11 is 0. The van der Waals surface area contributed by atoms with Gasteiger partial charge in [-0.1, -0.05) is 0 Å². The Morgan fingerprint density at radius 3 is 2.81 bits per heavy atom. The minimum absolute atomic E-state index is 0.126. The second kappa shape index (κ2) is 3.14. The lowest BCUT2D eigenvalue weighted by Gasteiger charge is -2.09. The average molecular weight is 220 g/mol. The van der Waals surface area contributed by atoms with Crippen molar-refractivity contribution in [2.45, 2.75) is 19.3 Å². The zero-order chi connectivity index (χ0) is 11.3.